The smallest absolute Gasteiger partial charge is 0.0246 e. The lowest BCUT2D eigenvalue weighted by molar-refractivity contribution is -0.00983. The van der Waals surface area contributed by atoms with Gasteiger partial charge in [0.15, 0.2) is 0 Å². The van der Waals surface area contributed by atoms with Crippen LogP contribution in [0, 0.1) is 22.7 Å². The van der Waals surface area contributed by atoms with E-state index in [0.717, 1.165) is 11.8 Å². The second kappa shape index (κ2) is 3.79. The quantitative estimate of drug-likeness (QED) is 0.567. The molecule has 2 atom stereocenters. The van der Waals surface area contributed by atoms with Gasteiger partial charge in [-0.05, 0) is 41.9 Å². The maximum absolute atomic E-state index is 2.58. The molecule has 0 N–H and O–H groups in total. The Hall–Kier alpha value is 0. The molecular weight excluding hydrogens is 180 g/mol. The molecular formula is C15H28. The van der Waals surface area contributed by atoms with Gasteiger partial charge in [-0.1, -0.05) is 53.4 Å². The first-order valence-corrected chi connectivity index (χ1v) is 6.98. The minimum absolute atomic E-state index is 0.646. The van der Waals surface area contributed by atoms with Crippen LogP contribution in [0.15, 0.2) is 0 Å². The molecule has 2 aliphatic carbocycles. The Bertz CT molecular complexity index is 222. The summed E-state index contributed by atoms with van der Waals surface area (Å²) >= 11 is 0. The van der Waals surface area contributed by atoms with Crippen LogP contribution in [-0.4, -0.2) is 0 Å². The Morgan fingerprint density at radius 1 is 0.867 bits per heavy atom. The molecule has 0 spiro atoms. The van der Waals surface area contributed by atoms with Gasteiger partial charge < -0.3 is 0 Å². The molecule has 0 bridgehead atoms. The van der Waals surface area contributed by atoms with Crippen LogP contribution >= 0.6 is 0 Å². The van der Waals surface area contributed by atoms with Gasteiger partial charge in [0.25, 0.3) is 0 Å². The highest BCUT2D eigenvalue weighted by molar-refractivity contribution is 5.00. The van der Waals surface area contributed by atoms with E-state index in [1.54, 1.807) is 0 Å². The first kappa shape index (κ1) is 11.5. The van der Waals surface area contributed by atoms with E-state index in [-0.39, 0.29) is 0 Å². The van der Waals surface area contributed by atoms with Gasteiger partial charge in [-0.25, -0.2) is 0 Å². The van der Waals surface area contributed by atoms with E-state index in [4.69, 9.17) is 0 Å². The predicted molar refractivity (Wildman–Crippen MR) is 66.9 cm³/mol. The van der Waals surface area contributed by atoms with Gasteiger partial charge in [-0.15, -0.1) is 0 Å². The summed E-state index contributed by atoms with van der Waals surface area (Å²) in [6, 6.07) is 0. The topological polar surface area (TPSA) is 0 Å². The van der Waals surface area contributed by atoms with Crippen LogP contribution in [0.1, 0.15) is 72.6 Å². The molecule has 0 nitrogen and oxygen atoms in total. The van der Waals surface area contributed by atoms with Crippen LogP contribution in [0.3, 0.4) is 0 Å². The summed E-state index contributed by atoms with van der Waals surface area (Å²) in [5, 5.41) is 0. The minimum Gasteiger partial charge on any atom is -0.0625 e. The SMILES string of the molecule is CC1CCC(C)(C2(C)CCCC2C)CC1. The lowest BCUT2D eigenvalue weighted by atomic mass is 9.54. The zero-order valence-corrected chi connectivity index (χ0v) is 11.1. The summed E-state index contributed by atoms with van der Waals surface area (Å²) in [7, 11) is 0. The van der Waals surface area contributed by atoms with Gasteiger partial charge in [0.1, 0.15) is 0 Å². The van der Waals surface area contributed by atoms with E-state index < -0.39 is 0 Å². The fraction of sp³-hybridized carbons (Fsp3) is 1.00. The summed E-state index contributed by atoms with van der Waals surface area (Å²) < 4.78 is 0. The third-order valence-corrected chi connectivity index (χ3v) is 6.18. The standard InChI is InChI=1S/C15H28/c1-12-7-10-14(3,11-8-12)15(4)9-5-6-13(15)2/h12-13H,5-11H2,1-4H3. The van der Waals surface area contributed by atoms with E-state index in [0.29, 0.717) is 10.8 Å². The third-order valence-electron chi connectivity index (χ3n) is 6.18. The summed E-state index contributed by atoms with van der Waals surface area (Å²) in [6.45, 7) is 10.1. The molecule has 0 aliphatic heterocycles. The van der Waals surface area contributed by atoms with Crippen molar-refractivity contribution in [2.45, 2.75) is 72.6 Å². The first-order chi connectivity index (χ1) is 6.98. The van der Waals surface area contributed by atoms with Crippen LogP contribution in [0.4, 0.5) is 0 Å². The summed E-state index contributed by atoms with van der Waals surface area (Å²) in [5.41, 5.74) is 1.29. The average molecular weight is 208 g/mol. The van der Waals surface area contributed by atoms with E-state index >= 15 is 0 Å². The maximum atomic E-state index is 2.58. The zero-order valence-electron chi connectivity index (χ0n) is 11.1. The van der Waals surface area contributed by atoms with Crippen molar-refractivity contribution in [2.24, 2.45) is 22.7 Å². The molecule has 0 amide bonds. The Morgan fingerprint density at radius 2 is 1.47 bits per heavy atom. The third kappa shape index (κ3) is 1.74. The predicted octanol–water partition coefficient (Wildman–Crippen LogP) is 5.03. The van der Waals surface area contributed by atoms with Crippen molar-refractivity contribution in [3.05, 3.63) is 0 Å². The molecule has 2 aliphatic rings. The lowest BCUT2D eigenvalue weighted by Gasteiger charge is -2.51. The minimum atomic E-state index is 0.646. The molecule has 2 rings (SSSR count). The van der Waals surface area contributed by atoms with Crippen LogP contribution < -0.4 is 0 Å². The zero-order chi connectivity index (χ0) is 11.1. The van der Waals surface area contributed by atoms with E-state index in [1.165, 1.54) is 44.9 Å². The van der Waals surface area contributed by atoms with Crippen molar-refractivity contribution in [1.29, 1.82) is 0 Å². The average Bonchev–Trinajstić information content (AvgIpc) is 2.54. The van der Waals surface area contributed by atoms with Crippen molar-refractivity contribution in [3.8, 4) is 0 Å². The molecule has 15 heavy (non-hydrogen) atoms. The van der Waals surface area contributed by atoms with Gasteiger partial charge in [0, 0.05) is 0 Å². The summed E-state index contributed by atoms with van der Waals surface area (Å²) in [5.74, 6) is 1.94. The highest BCUT2D eigenvalue weighted by Crippen LogP contribution is 2.60. The van der Waals surface area contributed by atoms with Crippen molar-refractivity contribution < 1.29 is 0 Å². The Morgan fingerprint density at radius 3 is 1.93 bits per heavy atom. The number of rotatable bonds is 1. The van der Waals surface area contributed by atoms with Gasteiger partial charge in [-0.3, -0.25) is 0 Å². The molecule has 0 aromatic carbocycles. The molecule has 0 heteroatoms. The number of hydrogen-bond donors (Lipinski definition) is 0. The second-order valence-electron chi connectivity index (χ2n) is 6.95. The summed E-state index contributed by atoms with van der Waals surface area (Å²) in [6.07, 6.45) is 10.3. The summed E-state index contributed by atoms with van der Waals surface area (Å²) in [4.78, 5) is 0. The lowest BCUT2D eigenvalue weighted by Crippen LogP contribution is -2.42. The Kier molecular flexibility index (Phi) is 2.90. The fourth-order valence-corrected chi connectivity index (χ4v) is 4.21. The molecule has 0 aromatic rings. The van der Waals surface area contributed by atoms with Crippen LogP contribution in [0.2, 0.25) is 0 Å². The maximum Gasteiger partial charge on any atom is -0.0246 e. The second-order valence-corrected chi connectivity index (χ2v) is 6.95. The number of hydrogen-bond acceptors (Lipinski definition) is 0. The molecule has 0 heterocycles. The molecule has 88 valence electrons. The molecule has 0 aromatic heterocycles. The Labute approximate surface area is 95.8 Å². The molecule has 0 radical (unpaired) electrons. The van der Waals surface area contributed by atoms with E-state index in [9.17, 15) is 0 Å². The fourth-order valence-electron chi connectivity index (χ4n) is 4.21. The van der Waals surface area contributed by atoms with Crippen molar-refractivity contribution in [3.63, 3.8) is 0 Å². The largest absolute Gasteiger partial charge is 0.0625 e. The van der Waals surface area contributed by atoms with Gasteiger partial charge >= 0.3 is 0 Å². The first-order valence-electron chi connectivity index (χ1n) is 6.98. The normalized spacial score (nSPS) is 52.0. The van der Waals surface area contributed by atoms with Crippen LogP contribution in [0.5, 0.6) is 0 Å². The monoisotopic (exact) mass is 208 g/mol. The van der Waals surface area contributed by atoms with Crippen molar-refractivity contribution >= 4 is 0 Å². The molecule has 2 unspecified atom stereocenters. The van der Waals surface area contributed by atoms with E-state index in [1.807, 2.05) is 0 Å². The van der Waals surface area contributed by atoms with Gasteiger partial charge in [0.05, 0.1) is 0 Å². The van der Waals surface area contributed by atoms with Gasteiger partial charge in [0.2, 0.25) is 0 Å². The molecule has 2 fully saturated rings. The highest BCUT2D eigenvalue weighted by atomic mass is 14.5. The van der Waals surface area contributed by atoms with Crippen LogP contribution in [-0.2, 0) is 0 Å². The van der Waals surface area contributed by atoms with Crippen LogP contribution in [0.25, 0.3) is 0 Å². The van der Waals surface area contributed by atoms with Crippen molar-refractivity contribution in [2.75, 3.05) is 0 Å². The van der Waals surface area contributed by atoms with E-state index in [2.05, 4.69) is 27.7 Å². The van der Waals surface area contributed by atoms with Crippen molar-refractivity contribution in [1.82, 2.24) is 0 Å². The Balaban J connectivity index is 2.14. The van der Waals surface area contributed by atoms with Gasteiger partial charge in [-0.2, -0.15) is 0 Å². The highest BCUT2D eigenvalue weighted by Gasteiger charge is 2.50. The molecule has 2 saturated carbocycles. The molecule has 0 saturated heterocycles.